The average Bonchev–Trinajstić information content (AvgIpc) is 2.67. The Morgan fingerprint density at radius 2 is 1.93 bits per heavy atom. The first-order chi connectivity index (χ1) is 13.1. The minimum atomic E-state index is -0.290. The molecule has 0 saturated carbocycles. The van der Waals surface area contributed by atoms with Gasteiger partial charge in [0, 0.05) is 5.56 Å². The highest BCUT2D eigenvalue weighted by Crippen LogP contribution is 2.33. The van der Waals surface area contributed by atoms with Crippen molar-refractivity contribution in [2.24, 2.45) is 5.10 Å². The van der Waals surface area contributed by atoms with E-state index in [-0.39, 0.29) is 5.91 Å². The Balaban J connectivity index is 2.03. The minimum absolute atomic E-state index is 0.290. The second-order valence-corrected chi connectivity index (χ2v) is 6.70. The first kappa shape index (κ1) is 21.0. The SMILES string of the molecule is CCCOc1ccc(C(=O)N/N=C/c2cc(I)c(OC)c(OCC)c2)cc1. The largest absolute Gasteiger partial charge is 0.494 e. The van der Waals surface area contributed by atoms with Crippen molar-refractivity contribution in [3.05, 3.63) is 51.1 Å². The molecule has 0 aliphatic rings. The maximum absolute atomic E-state index is 12.2. The molecule has 0 atom stereocenters. The summed E-state index contributed by atoms with van der Waals surface area (Å²) in [6.07, 6.45) is 2.51. The van der Waals surface area contributed by atoms with Crippen LogP contribution < -0.4 is 19.6 Å². The number of amides is 1. The quantitative estimate of drug-likeness (QED) is 0.330. The number of carbonyl (C=O) groups is 1. The third-order valence-electron chi connectivity index (χ3n) is 3.50. The van der Waals surface area contributed by atoms with E-state index >= 15 is 0 Å². The van der Waals surface area contributed by atoms with Gasteiger partial charge in [-0.1, -0.05) is 6.92 Å². The molecule has 0 unspecified atom stereocenters. The van der Waals surface area contributed by atoms with Crippen molar-refractivity contribution in [3.63, 3.8) is 0 Å². The average molecular weight is 482 g/mol. The van der Waals surface area contributed by atoms with Crippen LogP contribution in [0.3, 0.4) is 0 Å². The van der Waals surface area contributed by atoms with Gasteiger partial charge in [-0.2, -0.15) is 5.10 Å². The number of rotatable bonds is 9. The van der Waals surface area contributed by atoms with Crippen molar-refractivity contribution in [1.82, 2.24) is 5.43 Å². The molecule has 0 heterocycles. The zero-order valence-corrected chi connectivity index (χ0v) is 17.8. The van der Waals surface area contributed by atoms with Crippen LogP contribution in [0, 0.1) is 3.57 Å². The normalized spacial score (nSPS) is 10.7. The highest BCUT2D eigenvalue weighted by molar-refractivity contribution is 14.1. The van der Waals surface area contributed by atoms with Crippen LogP contribution in [-0.2, 0) is 0 Å². The molecular formula is C20H23IN2O4. The van der Waals surface area contributed by atoms with Crippen LogP contribution in [0.25, 0.3) is 0 Å². The Morgan fingerprint density at radius 3 is 2.56 bits per heavy atom. The van der Waals surface area contributed by atoms with Crippen molar-refractivity contribution in [2.45, 2.75) is 20.3 Å². The van der Waals surface area contributed by atoms with E-state index in [4.69, 9.17) is 14.2 Å². The molecule has 27 heavy (non-hydrogen) atoms. The molecule has 6 nitrogen and oxygen atoms in total. The molecule has 0 aromatic heterocycles. The van der Waals surface area contributed by atoms with Gasteiger partial charge in [0.1, 0.15) is 5.75 Å². The number of nitrogens with one attached hydrogen (secondary N) is 1. The summed E-state index contributed by atoms with van der Waals surface area (Å²) in [6.45, 7) is 5.13. The second kappa shape index (κ2) is 10.8. The standard InChI is InChI=1S/C20H23IN2O4/c1-4-10-27-16-8-6-15(7-9-16)20(24)23-22-13-14-11-17(21)19(25-3)18(12-14)26-5-2/h6-9,11-13H,4-5,10H2,1-3H3,(H,23,24)/b22-13+. The number of benzene rings is 2. The van der Waals surface area contributed by atoms with Gasteiger partial charge in [0.25, 0.3) is 5.91 Å². The fourth-order valence-electron chi connectivity index (χ4n) is 2.28. The maximum atomic E-state index is 12.2. The van der Waals surface area contributed by atoms with Crippen LogP contribution in [0.15, 0.2) is 41.5 Å². The van der Waals surface area contributed by atoms with E-state index < -0.39 is 0 Å². The fraction of sp³-hybridized carbons (Fsp3) is 0.300. The van der Waals surface area contributed by atoms with Gasteiger partial charge in [-0.15, -0.1) is 0 Å². The summed E-state index contributed by atoms with van der Waals surface area (Å²) in [4.78, 5) is 12.2. The Labute approximate surface area is 173 Å². The van der Waals surface area contributed by atoms with Gasteiger partial charge >= 0.3 is 0 Å². The molecule has 2 aromatic carbocycles. The summed E-state index contributed by atoms with van der Waals surface area (Å²) >= 11 is 2.17. The Hall–Kier alpha value is -2.29. The summed E-state index contributed by atoms with van der Waals surface area (Å²) in [6, 6.07) is 10.7. The molecule has 0 bridgehead atoms. The van der Waals surface area contributed by atoms with Crippen molar-refractivity contribution in [2.75, 3.05) is 20.3 Å². The van der Waals surface area contributed by atoms with Gasteiger partial charge in [0.05, 0.1) is 30.1 Å². The lowest BCUT2D eigenvalue weighted by atomic mass is 10.2. The third kappa shape index (κ3) is 6.13. The van der Waals surface area contributed by atoms with Crippen LogP contribution in [0.2, 0.25) is 0 Å². The second-order valence-electron chi connectivity index (χ2n) is 5.54. The van der Waals surface area contributed by atoms with Crippen molar-refractivity contribution < 1.29 is 19.0 Å². The number of carbonyl (C=O) groups excluding carboxylic acids is 1. The molecule has 0 spiro atoms. The Bertz CT molecular complexity index is 791. The number of hydrazone groups is 1. The molecule has 0 aliphatic heterocycles. The monoisotopic (exact) mass is 482 g/mol. The van der Waals surface area contributed by atoms with Crippen LogP contribution in [0.1, 0.15) is 36.2 Å². The molecular weight excluding hydrogens is 459 g/mol. The van der Waals surface area contributed by atoms with Crippen LogP contribution in [-0.4, -0.2) is 32.4 Å². The summed E-state index contributed by atoms with van der Waals surface area (Å²) in [5.41, 5.74) is 3.83. The lowest BCUT2D eigenvalue weighted by Gasteiger charge is -2.11. The molecule has 1 amide bonds. The molecule has 2 aromatic rings. The first-order valence-corrected chi connectivity index (χ1v) is 9.73. The van der Waals surface area contributed by atoms with E-state index in [1.807, 2.05) is 26.0 Å². The Kier molecular flexibility index (Phi) is 8.38. The number of hydrogen-bond acceptors (Lipinski definition) is 5. The lowest BCUT2D eigenvalue weighted by molar-refractivity contribution is 0.0955. The highest BCUT2D eigenvalue weighted by atomic mass is 127. The van der Waals surface area contributed by atoms with Gasteiger partial charge in [0.15, 0.2) is 11.5 Å². The summed E-state index contributed by atoms with van der Waals surface area (Å²) in [5, 5.41) is 4.03. The van der Waals surface area contributed by atoms with Crippen LogP contribution in [0.5, 0.6) is 17.2 Å². The van der Waals surface area contributed by atoms with Crippen molar-refractivity contribution in [3.8, 4) is 17.2 Å². The van der Waals surface area contributed by atoms with E-state index in [0.29, 0.717) is 30.3 Å². The Morgan fingerprint density at radius 1 is 1.19 bits per heavy atom. The summed E-state index contributed by atoms with van der Waals surface area (Å²) in [7, 11) is 1.60. The maximum Gasteiger partial charge on any atom is 0.271 e. The molecule has 0 aliphatic carbocycles. The predicted molar refractivity (Wildman–Crippen MR) is 114 cm³/mol. The topological polar surface area (TPSA) is 69.2 Å². The zero-order valence-electron chi connectivity index (χ0n) is 15.6. The van der Waals surface area contributed by atoms with Crippen molar-refractivity contribution >= 4 is 34.7 Å². The smallest absolute Gasteiger partial charge is 0.271 e. The third-order valence-corrected chi connectivity index (χ3v) is 4.31. The van der Waals surface area contributed by atoms with E-state index in [1.54, 1.807) is 37.6 Å². The van der Waals surface area contributed by atoms with E-state index in [2.05, 4.69) is 33.1 Å². The summed E-state index contributed by atoms with van der Waals surface area (Å²) < 4.78 is 17.4. The molecule has 7 heteroatoms. The van der Waals surface area contributed by atoms with Gasteiger partial charge in [-0.3, -0.25) is 4.79 Å². The molecule has 0 fully saturated rings. The predicted octanol–water partition coefficient (Wildman–Crippen LogP) is 4.25. The van der Waals surface area contributed by atoms with Crippen LogP contribution >= 0.6 is 22.6 Å². The molecule has 144 valence electrons. The molecule has 1 N–H and O–H groups in total. The molecule has 0 saturated heterocycles. The van der Waals surface area contributed by atoms with Crippen molar-refractivity contribution in [1.29, 1.82) is 0 Å². The van der Waals surface area contributed by atoms with E-state index in [9.17, 15) is 4.79 Å². The number of ether oxygens (including phenoxy) is 3. The van der Waals surface area contributed by atoms with E-state index in [1.165, 1.54) is 0 Å². The van der Waals surface area contributed by atoms with Gasteiger partial charge < -0.3 is 14.2 Å². The number of nitrogens with zero attached hydrogens (tertiary/aromatic N) is 1. The molecule has 2 rings (SSSR count). The van der Waals surface area contributed by atoms with Gasteiger partial charge in [-0.05, 0) is 77.9 Å². The number of methoxy groups -OCH3 is 1. The zero-order chi connectivity index (χ0) is 19.6. The lowest BCUT2D eigenvalue weighted by Crippen LogP contribution is -2.17. The highest BCUT2D eigenvalue weighted by Gasteiger charge is 2.10. The molecule has 0 radical (unpaired) electrons. The van der Waals surface area contributed by atoms with Gasteiger partial charge in [-0.25, -0.2) is 5.43 Å². The number of halogens is 1. The van der Waals surface area contributed by atoms with Crippen LogP contribution in [0.4, 0.5) is 0 Å². The fourth-order valence-corrected chi connectivity index (χ4v) is 3.12. The minimum Gasteiger partial charge on any atom is -0.494 e. The number of hydrogen-bond donors (Lipinski definition) is 1. The summed E-state index contributed by atoms with van der Waals surface area (Å²) in [5.74, 6) is 1.78. The van der Waals surface area contributed by atoms with E-state index in [0.717, 1.165) is 21.3 Å². The first-order valence-electron chi connectivity index (χ1n) is 8.65. The van der Waals surface area contributed by atoms with Gasteiger partial charge in [0.2, 0.25) is 0 Å².